The van der Waals surface area contributed by atoms with Crippen LogP contribution >= 0.6 is 0 Å². The van der Waals surface area contributed by atoms with E-state index >= 15 is 0 Å². The van der Waals surface area contributed by atoms with Gasteiger partial charge in [0, 0.05) is 37.8 Å². The summed E-state index contributed by atoms with van der Waals surface area (Å²) >= 11 is 0. The van der Waals surface area contributed by atoms with Crippen LogP contribution in [0.1, 0.15) is 43.6 Å². The summed E-state index contributed by atoms with van der Waals surface area (Å²) in [7, 11) is 0. The van der Waals surface area contributed by atoms with Gasteiger partial charge in [-0.1, -0.05) is 13.8 Å². The van der Waals surface area contributed by atoms with E-state index in [1.54, 1.807) is 18.2 Å². The summed E-state index contributed by atoms with van der Waals surface area (Å²) in [6.45, 7) is 9.44. The highest BCUT2D eigenvalue weighted by molar-refractivity contribution is 6.15. The summed E-state index contributed by atoms with van der Waals surface area (Å²) in [5.74, 6) is -2.55. The van der Waals surface area contributed by atoms with E-state index in [9.17, 15) is 14.4 Å². The third-order valence-corrected chi connectivity index (χ3v) is 3.65. The van der Waals surface area contributed by atoms with E-state index < -0.39 is 17.7 Å². The largest absolute Gasteiger partial charge is 0.419 e. The van der Waals surface area contributed by atoms with Crippen molar-refractivity contribution >= 4 is 23.5 Å². The van der Waals surface area contributed by atoms with Crippen LogP contribution in [0.15, 0.2) is 30.0 Å². The summed E-state index contributed by atoms with van der Waals surface area (Å²) in [5.41, 5.74) is 1.77. The summed E-state index contributed by atoms with van der Waals surface area (Å²) in [5, 5.41) is 5.75. The van der Waals surface area contributed by atoms with Gasteiger partial charge in [0.2, 0.25) is 0 Å². The third kappa shape index (κ3) is 4.84. The molecule has 0 aromatic heterocycles. The van der Waals surface area contributed by atoms with Crippen LogP contribution in [0, 0.1) is 12.8 Å². The fourth-order valence-electron chi connectivity index (χ4n) is 2.29. The summed E-state index contributed by atoms with van der Waals surface area (Å²) in [6, 6.07) is 5.11. The van der Waals surface area contributed by atoms with E-state index in [2.05, 4.69) is 10.6 Å². The van der Waals surface area contributed by atoms with E-state index in [0.29, 0.717) is 23.7 Å². The second-order valence-electron chi connectivity index (χ2n) is 7.01. The lowest BCUT2D eigenvalue weighted by Crippen LogP contribution is -2.42. The minimum Gasteiger partial charge on any atom is -0.419 e. The van der Waals surface area contributed by atoms with Crippen molar-refractivity contribution in [2.24, 2.45) is 5.92 Å². The molecule has 140 valence electrons. The SMILES string of the molecule is Cc1cc(C(=O)NCC(C)C)ccc1NC=C1C(=O)OC(C)(C)OC1=O. The van der Waals surface area contributed by atoms with E-state index in [1.165, 1.54) is 20.0 Å². The molecule has 1 aliphatic heterocycles. The Hall–Kier alpha value is -2.83. The molecule has 0 atom stereocenters. The second kappa shape index (κ2) is 7.59. The average molecular weight is 360 g/mol. The molecule has 0 aliphatic carbocycles. The van der Waals surface area contributed by atoms with E-state index in [4.69, 9.17) is 9.47 Å². The first-order valence-electron chi connectivity index (χ1n) is 8.41. The number of amides is 1. The van der Waals surface area contributed by atoms with Crippen LogP contribution in [0.5, 0.6) is 0 Å². The maximum atomic E-state index is 12.1. The monoisotopic (exact) mass is 360 g/mol. The highest BCUT2D eigenvalue weighted by Gasteiger charge is 2.38. The summed E-state index contributed by atoms with van der Waals surface area (Å²) < 4.78 is 10.1. The number of benzene rings is 1. The average Bonchev–Trinajstić information content (AvgIpc) is 2.51. The van der Waals surface area contributed by atoms with Crippen LogP contribution in [0.3, 0.4) is 0 Å². The normalized spacial score (nSPS) is 16.0. The summed E-state index contributed by atoms with van der Waals surface area (Å²) in [4.78, 5) is 35.9. The molecule has 0 saturated carbocycles. The Balaban J connectivity index is 2.10. The van der Waals surface area contributed by atoms with Crippen LogP contribution in [0.4, 0.5) is 5.69 Å². The number of hydrogen-bond acceptors (Lipinski definition) is 6. The molecule has 1 heterocycles. The maximum Gasteiger partial charge on any atom is 0.350 e. The maximum absolute atomic E-state index is 12.1. The number of anilines is 1. The van der Waals surface area contributed by atoms with Crippen molar-refractivity contribution in [3.63, 3.8) is 0 Å². The second-order valence-corrected chi connectivity index (χ2v) is 7.01. The lowest BCUT2D eigenvalue weighted by Gasteiger charge is -2.29. The number of carbonyl (C=O) groups excluding carboxylic acids is 3. The molecule has 0 bridgehead atoms. The predicted octanol–water partition coefficient (Wildman–Crippen LogP) is 2.51. The Labute approximate surface area is 152 Å². The number of carbonyl (C=O) groups is 3. The number of aryl methyl sites for hydroxylation is 1. The number of hydrogen-bond donors (Lipinski definition) is 2. The van der Waals surface area contributed by atoms with Gasteiger partial charge in [-0.2, -0.15) is 0 Å². The molecule has 2 N–H and O–H groups in total. The van der Waals surface area contributed by atoms with Gasteiger partial charge in [0.25, 0.3) is 11.7 Å². The molecule has 1 fully saturated rings. The molecule has 1 amide bonds. The Morgan fingerprint density at radius 1 is 1.19 bits per heavy atom. The molecular weight excluding hydrogens is 336 g/mol. The minimum atomic E-state index is -1.27. The Morgan fingerprint density at radius 3 is 2.35 bits per heavy atom. The molecule has 1 aromatic carbocycles. The van der Waals surface area contributed by atoms with Gasteiger partial charge in [0.05, 0.1) is 0 Å². The molecule has 26 heavy (non-hydrogen) atoms. The number of ether oxygens (including phenoxy) is 2. The van der Waals surface area contributed by atoms with Crippen LogP contribution in [0.25, 0.3) is 0 Å². The first kappa shape index (κ1) is 19.5. The standard InChI is InChI=1S/C19H24N2O5/c1-11(2)9-21-16(22)13-6-7-15(12(3)8-13)20-10-14-17(23)25-19(4,5)26-18(14)24/h6-8,10-11,20H,9H2,1-5H3,(H,21,22). The quantitative estimate of drug-likeness (QED) is 0.476. The first-order valence-corrected chi connectivity index (χ1v) is 8.41. The molecule has 1 aliphatic rings. The van der Waals surface area contributed by atoms with Crippen LogP contribution in [0.2, 0.25) is 0 Å². The van der Waals surface area contributed by atoms with Crippen molar-refractivity contribution in [1.29, 1.82) is 0 Å². The minimum absolute atomic E-state index is 0.145. The molecule has 2 rings (SSSR count). The van der Waals surface area contributed by atoms with E-state index in [-0.39, 0.29) is 11.5 Å². The van der Waals surface area contributed by atoms with Gasteiger partial charge in [-0.25, -0.2) is 9.59 Å². The van der Waals surface area contributed by atoms with Gasteiger partial charge in [-0.15, -0.1) is 0 Å². The van der Waals surface area contributed by atoms with Gasteiger partial charge in [0.15, 0.2) is 5.57 Å². The molecule has 7 nitrogen and oxygen atoms in total. The van der Waals surface area contributed by atoms with Crippen LogP contribution in [-0.2, 0) is 19.1 Å². The molecule has 1 saturated heterocycles. The van der Waals surface area contributed by atoms with Gasteiger partial charge in [0.1, 0.15) is 0 Å². The van der Waals surface area contributed by atoms with Gasteiger partial charge in [-0.3, -0.25) is 4.79 Å². The molecule has 7 heteroatoms. The number of cyclic esters (lactones) is 2. The third-order valence-electron chi connectivity index (χ3n) is 3.65. The fraction of sp³-hybridized carbons (Fsp3) is 0.421. The van der Waals surface area contributed by atoms with Crippen LogP contribution in [-0.4, -0.2) is 30.2 Å². The predicted molar refractivity (Wildman–Crippen MR) is 96.3 cm³/mol. The highest BCUT2D eigenvalue weighted by Crippen LogP contribution is 2.23. The number of esters is 2. The van der Waals surface area contributed by atoms with Crippen molar-refractivity contribution in [2.75, 3.05) is 11.9 Å². The van der Waals surface area contributed by atoms with Gasteiger partial charge >= 0.3 is 11.9 Å². The Bertz CT molecular complexity index is 743. The van der Waals surface area contributed by atoms with Crippen molar-refractivity contribution in [3.8, 4) is 0 Å². The van der Waals surface area contributed by atoms with E-state index in [0.717, 1.165) is 5.56 Å². The smallest absolute Gasteiger partial charge is 0.350 e. The van der Waals surface area contributed by atoms with Crippen molar-refractivity contribution in [3.05, 3.63) is 41.1 Å². The van der Waals surface area contributed by atoms with Gasteiger partial charge in [-0.05, 0) is 36.6 Å². The lowest BCUT2D eigenvalue weighted by molar-refractivity contribution is -0.222. The number of rotatable bonds is 5. The molecular formula is C19H24N2O5. The van der Waals surface area contributed by atoms with Crippen molar-refractivity contribution < 1.29 is 23.9 Å². The Morgan fingerprint density at radius 2 is 1.81 bits per heavy atom. The van der Waals surface area contributed by atoms with Crippen molar-refractivity contribution in [1.82, 2.24) is 5.32 Å². The zero-order valence-corrected chi connectivity index (χ0v) is 15.6. The highest BCUT2D eigenvalue weighted by atomic mass is 16.7. The molecule has 1 aromatic rings. The first-order chi connectivity index (χ1) is 12.1. The van der Waals surface area contributed by atoms with Crippen molar-refractivity contribution in [2.45, 2.75) is 40.4 Å². The molecule has 0 unspecified atom stereocenters. The topological polar surface area (TPSA) is 93.7 Å². The van der Waals surface area contributed by atoms with Gasteiger partial charge < -0.3 is 20.1 Å². The lowest BCUT2D eigenvalue weighted by atomic mass is 10.1. The van der Waals surface area contributed by atoms with E-state index in [1.807, 2.05) is 20.8 Å². The zero-order valence-electron chi connectivity index (χ0n) is 15.6. The molecule has 0 radical (unpaired) electrons. The molecule has 0 spiro atoms. The Kier molecular flexibility index (Phi) is 5.69. The van der Waals surface area contributed by atoms with Crippen LogP contribution < -0.4 is 10.6 Å². The zero-order chi connectivity index (χ0) is 19.5. The number of nitrogens with one attached hydrogen (secondary N) is 2. The fourth-order valence-corrected chi connectivity index (χ4v) is 2.29. The summed E-state index contributed by atoms with van der Waals surface area (Å²) in [6.07, 6.45) is 1.25.